The number of anilines is 2. The molecule has 0 bridgehead atoms. The molecule has 1 aromatic rings. The molecule has 0 spiro atoms. The summed E-state index contributed by atoms with van der Waals surface area (Å²) in [6, 6.07) is 4.17. The Labute approximate surface area is 131 Å². The first-order valence-corrected chi connectivity index (χ1v) is 8.64. The molecule has 120 valence electrons. The van der Waals surface area contributed by atoms with Gasteiger partial charge in [0.15, 0.2) is 0 Å². The highest BCUT2D eigenvalue weighted by Crippen LogP contribution is 2.35. The molecule has 0 aliphatic rings. The van der Waals surface area contributed by atoms with Crippen LogP contribution in [0.15, 0.2) is 12.1 Å². The van der Waals surface area contributed by atoms with Crippen LogP contribution in [0.3, 0.4) is 0 Å². The molecule has 1 aromatic carbocycles. The summed E-state index contributed by atoms with van der Waals surface area (Å²) in [4.78, 5) is 0. The number of nitrogen functional groups attached to an aromatic ring is 2. The van der Waals surface area contributed by atoms with Crippen LogP contribution in [0.5, 0.6) is 0 Å². The molecule has 1 unspecified atom stereocenters. The summed E-state index contributed by atoms with van der Waals surface area (Å²) in [5.74, 6) is 1.10. The molecule has 0 aliphatic heterocycles. The van der Waals surface area contributed by atoms with Gasteiger partial charge in [-0.3, -0.25) is 0 Å². The van der Waals surface area contributed by atoms with E-state index in [2.05, 4.69) is 33.8 Å². The van der Waals surface area contributed by atoms with E-state index in [1.54, 1.807) is 0 Å². The van der Waals surface area contributed by atoms with Crippen LogP contribution in [0.25, 0.3) is 0 Å². The zero-order valence-electron chi connectivity index (χ0n) is 14.4. The second-order valence-electron chi connectivity index (χ2n) is 6.84. The van der Waals surface area contributed by atoms with Crippen LogP contribution in [0.1, 0.15) is 83.3 Å². The van der Waals surface area contributed by atoms with Crippen molar-refractivity contribution < 1.29 is 0 Å². The molecule has 0 fully saturated rings. The van der Waals surface area contributed by atoms with Crippen molar-refractivity contribution in [2.75, 3.05) is 11.5 Å². The Bertz CT molecular complexity index is 424. The van der Waals surface area contributed by atoms with Crippen LogP contribution in [-0.2, 0) is 6.42 Å². The van der Waals surface area contributed by atoms with Crippen molar-refractivity contribution in [3.8, 4) is 0 Å². The Hall–Kier alpha value is -1.18. The predicted molar refractivity (Wildman–Crippen MR) is 95.6 cm³/mol. The Kier molecular flexibility index (Phi) is 7.63. The second kappa shape index (κ2) is 8.96. The molecule has 21 heavy (non-hydrogen) atoms. The Balaban J connectivity index is 2.74. The van der Waals surface area contributed by atoms with Crippen LogP contribution in [0.4, 0.5) is 11.4 Å². The summed E-state index contributed by atoms with van der Waals surface area (Å²) in [5, 5.41) is 0. The lowest BCUT2D eigenvalue weighted by Crippen LogP contribution is -2.09. The highest BCUT2D eigenvalue weighted by Gasteiger charge is 2.16. The van der Waals surface area contributed by atoms with Crippen molar-refractivity contribution in [3.05, 3.63) is 23.3 Å². The SMILES string of the molecule is CCCCCCCc1ccc(N)c(C(C)CC(C)C)c1N. The van der Waals surface area contributed by atoms with Gasteiger partial charge in [0.1, 0.15) is 0 Å². The van der Waals surface area contributed by atoms with E-state index in [9.17, 15) is 0 Å². The van der Waals surface area contributed by atoms with Gasteiger partial charge < -0.3 is 11.5 Å². The first-order valence-electron chi connectivity index (χ1n) is 8.64. The number of unbranched alkanes of at least 4 members (excludes halogenated alkanes) is 4. The van der Waals surface area contributed by atoms with Crippen molar-refractivity contribution in [1.29, 1.82) is 0 Å². The first-order chi connectivity index (χ1) is 9.97. The van der Waals surface area contributed by atoms with Gasteiger partial charge >= 0.3 is 0 Å². The first kappa shape index (κ1) is 17.9. The Morgan fingerprint density at radius 1 is 0.952 bits per heavy atom. The van der Waals surface area contributed by atoms with Crippen LogP contribution in [-0.4, -0.2) is 0 Å². The van der Waals surface area contributed by atoms with Crippen molar-refractivity contribution >= 4 is 11.4 Å². The van der Waals surface area contributed by atoms with E-state index in [4.69, 9.17) is 11.5 Å². The minimum Gasteiger partial charge on any atom is -0.398 e. The molecular formula is C19H34N2. The molecule has 0 saturated heterocycles. The predicted octanol–water partition coefficient (Wildman–Crippen LogP) is 5.51. The molecular weight excluding hydrogens is 256 g/mol. The molecule has 2 heteroatoms. The van der Waals surface area contributed by atoms with Crippen LogP contribution >= 0.6 is 0 Å². The summed E-state index contributed by atoms with van der Waals surface area (Å²) in [5.41, 5.74) is 16.9. The largest absolute Gasteiger partial charge is 0.398 e. The van der Waals surface area contributed by atoms with Gasteiger partial charge in [-0.15, -0.1) is 0 Å². The van der Waals surface area contributed by atoms with Crippen molar-refractivity contribution in [3.63, 3.8) is 0 Å². The van der Waals surface area contributed by atoms with Gasteiger partial charge in [-0.2, -0.15) is 0 Å². The van der Waals surface area contributed by atoms with Crippen LogP contribution in [0, 0.1) is 5.92 Å². The van der Waals surface area contributed by atoms with Crippen LogP contribution < -0.4 is 11.5 Å². The quantitative estimate of drug-likeness (QED) is 0.465. The topological polar surface area (TPSA) is 52.0 Å². The van der Waals surface area contributed by atoms with Crippen molar-refractivity contribution in [2.45, 2.75) is 78.6 Å². The minimum atomic E-state index is 0.435. The molecule has 0 saturated carbocycles. The molecule has 0 heterocycles. The van der Waals surface area contributed by atoms with E-state index in [0.29, 0.717) is 11.8 Å². The van der Waals surface area contributed by atoms with E-state index < -0.39 is 0 Å². The molecule has 1 rings (SSSR count). The molecule has 0 amide bonds. The summed E-state index contributed by atoms with van der Waals surface area (Å²) < 4.78 is 0. The average molecular weight is 290 g/mol. The lowest BCUT2D eigenvalue weighted by atomic mass is 9.87. The highest BCUT2D eigenvalue weighted by molar-refractivity contribution is 5.66. The smallest absolute Gasteiger partial charge is 0.0402 e. The fraction of sp³-hybridized carbons (Fsp3) is 0.684. The van der Waals surface area contributed by atoms with E-state index in [1.807, 2.05) is 6.07 Å². The fourth-order valence-corrected chi connectivity index (χ4v) is 3.21. The van der Waals surface area contributed by atoms with E-state index in [-0.39, 0.29) is 0 Å². The highest BCUT2D eigenvalue weighted by atomic mass is 14.6. The van der Waals surface area contributed by atoms with Gasteiger partial charge in [0.2, 0.25) is 0 Å². The molecule has 1 atom stereocenters. The van der Waals surface area contributed by atoms with Gasteiger partial charge in [0.05, 0.1) is 0 Å². The standard InChI is InChI=1S/C19H34N2/c1-5-6-7-8-9-10-16-11-12-17(20)18(19(16)21)15(4)13-14(2)3/h11-12,14-15H,5-10,13,20-21H2,1-4H3. The third kappa shape index (κ3) is 5.61. The second-order valence-corrected chi connectivity index (χ2v) is 6.84. The van der Waals surface area contributed by atoms with Gasteiger partial charge in [-0.1, -0.05) is 59.4 Å². The van der Waals surface area contributed by atoms with Gasteiger partial charge in [-0.05, 0) is 42.7 Å². The van der Waals surface area contributed by atoms with E-state index in [0.717, 1.165) is 24.2 Å². The summed E-state index contributed by atoms with van der Waals surface area (Å²) in [6.45, 7) is 8.99. The molecule has 0 aromatic heterocycles. The maximum Gasteiger partial charge on any atom is 0.0402 e. The van der Waals surface area contributed by atoms with Gasteiger partial charge in [0.25, 0.3) is 0 Å². The molecule has 0 radical (unpaired) electrons. The number of nitrogens with two attached hydrogens (primary N) is 2. The Morgan fingerprint density at radius 3 is 2.24 bits per heavy atom. The number of rotatable bonds is 9. The Morgan fingerprint density at radius 2 is 1.62 bits per heavy atom. The zero-order chi connectivity index (χ0) is 15.8. The lowest BCUT2D eigenvalue weighted by Gasteiger charge is -2.21. The molecule has 0 aliphatic carbocycles. The van der Waals surface area contributed by atoms with Crippen molar-refractivity contribution in [2.24, 2.45) is 5.92 Å². The average Bonchev–Trinajstić information content (AvgIpc) is 2.40. The fourth-order valence-electron chi connectivity index (χ4n) is 3.21. The molecule has 2 nitrogen and oxygen atoms in total. The third-order valence-electron chi connectivity index (χ3n) is 4.28. The summed E-state index contributed by atoms with van der Waals surface area (Å²) >= 11 is 0. The zero-order valence-corrected chi connectivity index (χ0v) is 14.4. The number of hydrogen-bond donors (Lipinski definition) is 2. The van der Waals surface area contributed by atoms with Gasteiger partial charge in [-0.25, -0.2) is 0 Å². The van der Waals surface area contributed by atoms with Crippen LogP contribution in [0.2, 0.25) is 0 Å². The maximum absolute atomic E-state index is 6.42. The minimum absolute atomic E-state index is 0.435. The van der Waals surface area contributed by atoms with Gasteiger partial charge in [0, 0.05) is 16.9 Å². The number of benzene rings is 1. The van der Waals surface area contributed by atoms with E-state index in [1.165, 1.54) is 43.2 Å². The summed E-state index contributed by atoms with van der Waals surface area (Å²) in [7, 11) is 0. The monoisotopic (exact) mass is 290 g/mol. The lowest BCUT2D eigenvalue weighted by molar-refractivity contribution is 0.525. The number of aryl methyl sites for hydroxylation is 1. The number of hydrogen-bond acceptors (Lipinski definition) is 2. The maximum atomic E-state index is 6.42. The van der Waals surface area contributed by atoms with Crippen molar-refractivity contribution in [1.82, 2.24) is 0 Å². The van der Waals surface area contributed by atoms with E-state index >= 15 is 0 Å². The normalized spacial score (nSPS) is 12.8. The molecule has 4 N–H and O–H groups in total. The third-order valence-corrected chi connectivity index (χ3v) is 4.28. The summed E-state index contributed by atoms with van der Waals surface area (Å²) in [6.07, 6.45) is 8.71.